The van der Waals surface area contributed by atoms with E-state index in [1.807, 2.05) is 0 Å². The monoisotopic (exact) mass is 254 g/mol. The summed E-state index contributed by atoms with van der Waals surface area (Å²) in [7, 11) is 0. The van der Waals surface area contributed by atoms with Crippen molar-refractivity contribution in [3.05, 3.63) is 0 Å². The molecule has 0 atom stereocenters. The molecule has 0 spiro atoms. The number of hydrogen-bond acceptors (Lipinski definition) is 1. The Kier molecular flexibility index (Phi) is 8.02. The summed E-state index contributed by atoms with van der Waals surface area (Å²) < 4.78 is 23.3. The van der Waals surface area contributed by atoms with Crippen LogP contribution in [0.25, 0.3) is 0 Å². The zero-order valence-electron chi connectivity index (χ0n) is 6.05. The van der Waals surface area contributed by atoms with Gasteiger partial charge in [-0.25, -0.2) is 0 Å². The average molecular weight is 253 g/mol. The molecule has 0 aromatic heterocycles. The van der Waals surface area contributed by atoms with E-state index in [9.17, 15) is 0 Å². The van der Waals surface area contributed by atoms with Gasteiger partial charge in [0.2, 0.25) is 0 Å². The van der Waals surface area contributed by atoms with Crippen molar-refractivity contribution in [2.24, 2.45) is 0 Å². The van der Waals surface area contributed by atoms with Crippen LogP contribution in [0.2, 0.25) is 0 Å². The molecule has 4 heteroatoms. The summed E-state index contributed by atoms with van der Waals surface area (Å²) in [6, 6.07) is 0. The van der Waals surface area contributed by atoms with Crippen molar-refractivity contribution in [2.75, 3.05) is 0 Å². The van der Waals surface area contributed by atoms with Crippen molar-refractivity contribution in [3.8, 4) is 0 Å². The molecule has 1 saturated carbocycles. The van der Waals surface area contributed by atoms with Crippen molar-refractivity contribution >= 4 is 20.6 Å². The molecule has 1 aliphatic rings. The third kappa shape index (κ3) is 11.3. The SMILES string of the molecule is C1CCCCC1.[O]=[Sn]([OH])[OH]. The summed E-state index contributed by atoms with van der Waals surface area (Å²) in [6.45, 7) is 0. The first-order chi connectivity index (χ1) is 4.73. The Balaban J connectivity index is 0.000000180. The molecule has 1 rings (SSSR count). The predicted octanol–water partition coefficient (Wildman–Crippen LogP) is 0.727. The fourth-order valence-corrected chi connectivity index (χ4v) is 1.06. The molecule has 0 bridgehead atoms. The Hall–Kier alpha value is 0.519. The molecule has 2 N–H and O–H groups in total. The summed E-state index contributed by atoms with van der Waals surface area (Å²) in [6.07, 6.45) is 9.00. The molecule has 3 nitrogen and oxygen atoms in total. The molecule has 0 aliphatic heterocycles. The number of hydrogen-bond donors (Lipinski definition) is 2. The van der Waals surface area contributed by atoms with E-state index in [-0.39, 0.29) is 0 Å². The molecule has 10 heavy (non-hydrogen) atoms. The first-order valence-corrected chi connectivity index (χ1v) is 7.37. The second-order valence-corrected chi connectivity index (χ2v) is 4.02. The van der Waals surface area contributed by atoms with Gasteiger partial charge in [-0.2, -0.15) is 0 Å². The van der Waals surface area contributed by atoms with Crippen LogP contribution in [0.4, 0.5) is 0 Å². The van der Waals surface area contributed by atoms with E-state index < -0.39 is 20.6 Å². The van der Waals surface area contributed by atoms with Crippen LogP contribution in [0, 0.1) is 0 Å². The normalized spacial score (nSPS) is 17.0. The van der Waals surface area contributed by atoms with Gasteiger partial charge in [-0.05, 0) is 0 Å². The maximum absolute atomic E-state index is 8.84. The van der Waals surface area contributed by atoms with Crippen LogP contribution in [0.15, 0.2) is 0 Å². The topological polar surface area (TPSA) is 57.5 Å². The molecule has 1 fully saturated rings. The molecule has 0 amide bonds. The molecule has 0 unspecified atom stereocenters. The van der Waals surface area contributed by atoms with Crippen LogP contribution in [-0.2, 0) is 3.08 Å². The quantitative estimate of drug-likeness (QED) is 0.625. The van der Waals surface area contributed by atoms with Gasteiger partial charge in [-0.15, -0.1) is 0 Å². The Morgan fingerprint density at radius 1 is 0.800 bits per heavy atom. The van der Waals surface area contributed by atoms with Crippen molar-refractivity contribution in [1.82, 2.24) is 0 Å². The van der Waals surface area contributed by atoms with Crippen LogP contribution in [0.3, 0.4) is 0 Å². The standard InChI is InChI=1S/C6H12.2H2O.O.Sn/c1-2-4-6-5-3-1;;;;/h1-6H2;2*1H2;;/q;;;;+2/p-2. The minimum absolute atomic E-state index is 1.50. The Morgan fingerprint density at radius 3 is 1.00 bits per heavy atom. The zero-order chi connectivity index (χ0) is 7.82. The fraction of sp³-hybridized carbons (Fsp3) is 1.00. The Morgan fingerprint density at radius 2 is 0.900 bits per heavy atom. The molecule has 0 aromatic carbocycles. The van der Waals surface area contributed by atoms with Crippen molar-refractivity contribution in [2.45, 2.75) is 38.5 Å². The van der Waals surface area contributed by atoms with Crippen LogP contribution < -0.4 is 0 Å². The molecule has 0 heterocycles. The van der Waals surface area contributed by atoms with E-state index in [2.05, 4.69) is 0 Å². The molecule has 0 aromatic rings. The molecule has 60 valence electrons. The zero-order valence-corrected chi connectivity index (χ0v) is 8.90. The maximum atomic E-state index is 8.84. The van der Waals surface area contributed by atoms with E-state index >= 15 is 0 Å². The Bertz CT molecular complexity index is 75.5. The van der Waals surface area contributed by atoms with Crippen LogP contribution in [-0.4, -0.2) is 27.5 Å². The van der Waals surface area contributed by atoms with Crippen molar-refractivity contribution in [1.29, 1.82) is 0 Å². The molecule has 0 saturated heterocycles. The van der Waals surface area contributed by atoms with Gasteiger partial charge in [-0.3, -0.25) is 0 Å². The summed E-state index contributed by atoms with van der Waals surface area (Å²) in [5.41, 5.74) is 0. The van der Waals surface area contributed by atoms with Gasteiger partial charge in [-0.1, -0.05) is 38.5 Å². The van der Waals surface area contributed by atoms with E-state index in [0.717, 1.165) is 0 Å². The van der Waals surface area contributed by atoms with Gasteiger partial charge in [0.05, 0.1) is 0 Å². The van der Waals surface area contributed by atoms with Crippen LogP contribution in [0.1, 0.15) is 38.5 Å². The van der Waals surface area contributed by atoms with E-state index in [4.69, 9.17) is 9.96 Å². The van der Waals surface area contributed by atoms with Crippen molar-refractivity contribution < 1.29 is 9.96 Å². The molecule has 0 radical (unpaired) electrons. The van der Waals surface area contributed by atoms with Gasteiger partial charge in [0, 0.05) is 0 Å². The molecular formula is C6H14O3Sn. The second-order valence-electron chi connectivity index (χ2n) is 2.40. The van der Waals surface area contributed by atoms with Crippen LogP contribution in [0.5, 0.6) is 0 Å². The van der Waals surface area contributed by atoms with E-state index in [1.165, 1.54) is 38.5 Å². The third-order valence-electron chi connectivity index (χ3n) is 1.50. The minimum atomic E-state index is -3.79. The van der Waals surface area contributed by atoms with Gasteiger partial charge in [0.25, 0.3) is 0 Å². The van der Waals surface area contributed by atoms with Crippen LogP contribution >= 0.6 is 0 Å². The summed E-state index contributed by atoms with van der Waals surface area (Å²) in [4.78, 5) is 0. The van der Waals surface area contributed by atoms with E-state index in [1.54, 1.807) is 0 Å². The molecular weight excluding hydrogens is 239 g/mol. The predicted molar refractivity (Wildman–Crippen MR) is 38.6 cm³/mol. The average Bonchev–Trinajstić information content (AvgIpc) is 1.90. The van der Waals surface area contributed by atoms with Gasteiger partial charge >= 0.3 is 30.5 Å². The fourth-order valence-electron chi connectivity index (χ4n) is 1.06. The van der Waals surface area contributed by atoms with Crippen molar-refractivity contribution in [3.63, 3.8) is 0 Å². The Labute approximate surface area is 69.3 Å². The van der Waals surface area contributed by atoms with E-state index in [0.29, 0.717) is 0 Å². The van der Waals surface area contributed by atoms with Gasteiger partial charge in [0.1, 0.15) is 0 Å². The second kappa shape index (κ2) is 7.62. The summed E-state index contributed by atoms with van der Waals surface area (Å²) in [5, 5.41) is 0. The number of rotatable bonds is 0. The summed E-state index contributed by atoms with van der Waals surface area (Å²) in [5.74, 6) is 0. The van der Waals surface area contributed by atoms with Gasteiger partial charge < -0.3 is 0 Å². The van der Waals surface area contributed by atoms with Gasteiger partial charge in [0.15, 0.2) is 0 Å². The molecule has 1 aliphatic carbocycles. The first kappa shape index (κ1) is 10.5. The summed E-state index contributed by atoms with van der Waals surface area (Å²) >= 11 is -3.79. The third-order valence-corrected chi connectivity index (χ3v) is 1.50. The first-order valence-electron chi connectivity index (χ1n) is 3.65.